The number of nitrogens with zero attached hydrogens (tertiary/aromatic N) is 2. The third-order valence-corrected chi connectivity index (χ3v) is 4.13. The Labute approximate surface area is 123 Å². The van der Waals surface area contributed by atoms with Crippen molar-refractivity contribution in [3.05, 3.63) is 17.0 Å². The first kappa shape index (κ1) is 17.2. The van der Waals surface area contributed by atoms with Crippen molar-refractivity contribution in [1.29, 1.82) is 0 Å². The molecule has 1 aromatic heterocycles. The normalized spacial score (nSPS) is 13.8. The highest BCUT2D eigenvalue weighted by Gasteiger charge is 2.22. The summed E-state index contributed by atoms with van der Waals surface area (Å²) in [5, 5.41) is 4.79. The lowest BCUT2D eigenvalue weighted by Gasteiger charge is -2.23. The summed E-state index contributed by atoms with van der Waals surface area (Å²) in [5.74, 6) is 0. The zero-order chi connectivity index (χ0) is 15.3. The van der Waals surface area contributed by atoms with Gasteiger partial charge in [-0.2, -0.15) is 5.10 Å². The Balaban J connectivity index is 3.05. The van der Waals surface area contributed by atoms with Gasteiger partial charge in [0.1, 0.15) is 0 Å². The van der Waals surface area contributed by atoms with E-state index in [1.54, 1.807) is 7.11 Å². The van der Waals surface area contributed by atoms with E-state index < -0.39 is 0 Å². The third-order valence-electron chi connectivity index (χ3n) is 4.13. The van der Waals surface area contributed by atoms with Crippen LogP contribution < -0.4 is 5.73 Å². The molecular weight excluding hydrogens is 250 g/mol. The fourth-order valence-electron chi connectivity index (χ4n) is 2.49. The maximum absolute atomic E-state index is 6.29. The van der Waals surface area contributed by atoms with Crippen molar-refractivity contribution in [2.45, 2.75) is 78.5 Å². The molecule has 0 bridgehead atoms. The summed E-state index contributed by atoms with van der Waals surface area (Å²) in [7, 11) is 1.76. The van der Waals surface area contributed by atoms with Crippen LogP contribution in [0.2, 0.25) is 0 Å². The molecule has 0 spiro atoms. The van der Waals surface area contributed by atoms with E-state index >= 15 is 0 Å². The average molecular weight is 281 g/mol. The molecule has 2 N–H and O–H groups in total. The van der Waals surface area contributed by atoms with Gasteiger partial charge in [0.2, 0.25) is 0 Å². The molecule has 116 valence electrons. The lowest BCUT2D eigenvalue weighted by molar-refractivity contribution is 0.0111. The van der Waals surface area contributed by atoms with E-state index in [2.05, 4.69) is 39.3 Å². The van der Waals surface area contributed by atoms with E-state index in [-0.39, 0.29) is 11.6 Å². The lowest BCUT2D eigenvalue weighted by Crippen LogP contribution is -2.25. The molecule has 0 radical (unpaired) electrons. The highest BCUT2D eigenvalue weighted by molar-refractivity contribution is 5.30. The molecule has 0 amide bonds. The molecule has 1 rings (SSSR count). The van der Waals surface area contributed by atoms with Gasteiger partial charge in [-0.25, -0.2) is 0 Å². The molecule has 20 heavy (non-hydrogen) atoms. The second-order valence-electron chi connectivity index (χ2n) is 5.97. The molecule has 1 atom stereocenters. The molecule has 0 aliphatic heterocycles. The maximum atomic E-state index is 6.29. The number of nitrogens with two attached hydrogens (primary N) is 1. The Hall–Kier alpha value is -0.870. The molecule has 1 unspecified atom stereocenters. The largest absolute Gasteiger partial charge is 0.379 e. The molecular formula is C16H31N3O. The van der Waals surface area contributed by atoms with Crippen LogP contribution in [-0.4, -0.2) is 22.5 Å². The van der Waals surface area contributed by atoms with Crippen molar-refractivity contribution in [2.24, 2.45) is 5.73 Å². The second kappa shape index (κ2) is 7.23. The number of aromatic nitrogens is 2. The van der Waals surface area contributed by atoms with E-state index in [0.29, 0.717) is 0 Å². The van der Waals surface area contributed by atoms with E-state index in [1.807, 2.05) is 0 Å². The monoisotopic (exact) mass is 281 g/mol. The molecule has 1 aromatic rings. The van der Waals surface area contributed by atoms with Crippen molar-refractivity contribution in [3.63, 3.8) is 0 Å². The summed E-state index contributed by atoms with van der Waals surface area (Å²) in [6.45, 7) is 11.6. The van der Waals surface area contributed by atoms with E-state index in [0.717, 1.165) is 37.9 Å². The van der Waals surface area contributed by atoms with Crippen LogP contribution >= 0.6 is 0 Å². The average Bonchev–Trinajstić information content (AvgIpc) is 2.82. The molecule has 0 aliphatic carbocycles. The predicted molar refractivity (Wildman–Crippen MR) is 83.9 cm³/mol. The van der Waals surface area contributed by atoms with E-state index in [4.69, 9.17) is 15.6 Å². The molecule has 1 heterocycles. The highest BCUT2D eigenvalue weighted by atomic mass is 16.5. The Kier molecular flexibility index (Phi) is 6.21. The summed E-state index contributed by atoms with van der Waals surface area (Å²) < 4.78 is 7.64. The SMILES string of the molecule is CCc1nn(CCC(C)(C)OC)c(CC)c1C(N)CC. The van der Waals surface area contributed by atoms with Gasteiger partial charge in [0.15, 0.2) is 0 Å². The first-order valence-corrected chi connectivity index (χ1v) is 7.79. The summed E-state index contributed by atoms with van der Waals surface area (Å²) >= 11 is 0. The molecule has 0 aromatic carbocycles. The van der Waals surface area contributed by atoms with Crippen LogP contribution in [0.1, 0.15) is 70.5 Å². The zero-order valence-electron chi connectivity index (χ0n) is 14.0. The number of hydrogen-bond donors (Lipinski definition) is 1. The molecule has 0 saturated heterocycles. The van der Waals surface area contributed by atoms with E-state index in [9.17, 15) is 0 Å². The minimum Gasteiger partial charge on any atom is -0.379 e. The Morgan fingerprint density at radius 3 is 2.35 bits per heavy atom. The van der Waals surface area contributed by atoms with Gasteiger partial charge in [0.25, 0.3) is 0 Å². The molecule has 4 nitrogen and oxygen atoms in total. The number of methoxy groups -OCH3 is 1. The minimum atomic E-state index is -0.115. The van der Waals surface area contributed by atoms with Crippen molar-refractivity contribution in [3.8, 4) is 0 Å². The van der Waals surface area contributed by atoms with Gasteiger partial charge < -0.3 is 10.5 Å². The van der Waals surface area contributed by atoms with Crippen LogP contribution in [-0.2, 0) is 24.1 Å². The van der Waals surface area contributed by atoms with Crippen molar-refractivity contribution >= 4 is 0 Å². The number of hydrogen-bond acceptors (Lipinski definition) is 3. The Morgan fingerprint density at radius 2 is 1.90 bits per heavy atom. The summed E-state index contributed by atoms with van der Waals surface area (Å²) in [4.78, 5) is 0. The minimum absolute atomic E-state index is 0.101. The van der Waals surface area contributed by atoms with Gasteiger partial charge in [-0.05, 0) is 39.5 Å². The zero-order valence-corrected chi connectivity index (χ0v) is 14.0. The van der Waals surface area contributed by atoms with Crippen LogP contribution in [0.4, 0.5) is 0 Å². The first-order valence-electron chi connectivity index (χ1n) is 7.79. The molecule has 0 fully saturated rings. The third kappa shape index (κ3) is 3.83. The second-order valence-corrected chi connectivity index (χ2v) is 5.97. The predicted octanol–water partition coefficient (Wildman–Crippen LogP) is 3.23. The van der Waals surface area contributed by atoms with Gasteiger partial charge in [-0.1, -0.05) is 20.8 Å². The van der Waals surface area contributed by atoms with Crippen LogP contribution in [0.5, 0.6) is 0 Å². The van der Waals surface area contributed by atoms with E-state index in [1.165, 1.54) is 11.3 Å². The van der Waals surface area contributed by atoms with Gasteiger partial charge in [-0.15, -0.1) is 0 Å². The van der Waals surface area contributed by atoms with Gasteiger partial charge in [0.05, 0.1) is 11.3 Å². The Morgan fingerprint density at radius 1 is 1.25 bits per heavy atom. The number of aryl methyl sites for hydroxylation is 2. The fraction of sp³-hybridized carbons (Fsp3) is 0.812. The number of rotatable bonds is 8. The van der Waals surface area contributed by atoms with Gasteiger partial charge >= 0.3 is 0 Å². The van der Waals surface area contributed by atoms with Crippen LogP contribution in [0, 0.1) is 0 Å². The fourth-order valence-corrected chi connectivity index (χ4v) is 2.49. The summed E-state index contributed by atoms with van der Waals surface area (Å²) in [6, 6.07) is 0.101. The van der Waals surface area contributed by atoms with Crippen molar-refractivity contribution in [2.75, 3.05) is 7.11 Å². The first-order chi connectivity index (χ1) is 9.40. The molecule has 0 saturated carbocycles. The van der Waals surface area contributed by atoms with Crippen LogP contribution in [0.3, 0.4) is 0 Å². The smallest absolute Gasteiger partial charge is 0.0672 e. The molecule has 4 heteroatoms. The standard InChI is InChI=1S/C16H31N3O/c1-7-12(17)15-13(8-2)18-19(14(15)9-3)11-10-16(4,5)20-6/h12H,7-11,17H2,1-6H3. The summed E-state index contributed by atoms with van der Waals surface area (Å²) in [5.41, 5.74) is 9.90. The van der Waals surface area contributed by atoms with Crippen LogP contribution in [0.25, 0.3) is 0 Å². The topological polar surface area (TPSA) is 53.1 Å². The summed E-state index contributed by atoms with van der Waals surface area (Å²) in [6.07, 6.45) is 3.82. The van der Waals surface area contributed by atoms with Gasteiger partial charge in [0, 0.05) is 31.0 Å². The van der Waals surface area contributed by atoms with Crippen LogP contribution in [0.15, 0.2) is 0 Å². The van der Waals surface area contributed by atoms with Crippen molar-refractivity contribution < 1.29 is 4.74 Å². The Bertz CT molecular complexity index is 424. The van der Waals surface area contributed by atoms with Gasteiger partial charge in [-0.3, -0.25) is 4.68 Å². The number of ether oxygens (including phenoxy) is 1. The lowest BCUT2D eigenvalue weighted by atomic mass is 10.00. The van der Waals surface area contributed by atoms with Crippen molar-refractivity contribution in [1.82, 2.24) is 9.78 Å². The molecule has 0 aliphatic rings. The maximum Gasteiger partial charge on any atom is 0.0672 e. The highest BCUT2D eigenvalue weighted by Crippen LogP contribution is 2.25. The quantitative estimate of drug-likeness (QED) is 0.796.